The second-order valence-corrected chi connectivity index (χ2v) is 9.83. The fourth-order valence-electron chi connectivity index (χ4n) is 5.43. The molecular weight excluding hydrogens is 244 g/mol. The molecule has 0 N–H and O–H groups in total. The van der Waals surface area contributed by atoms with Crippen LogP contribution in [0.25, 0.3) is 0 Å². The summed E-state index contributed by atoms with van der Waals surface area (Å²) >= 11 is 0. The fourth-order valence-corrected chi connectivity index (χ4v) is 7.72. The highest BCUT2D eigenvalue weighted by molar-refractivity contribution is 6.60. The third-order valence-electron chi connectivity index (χ3n) is 5.69. The average molecular weight is 270 g/mol. The molecule has 4 bridgehead atoms. The summed E-state index contributed by atoms with van der Waals surface area (Å²) < 4.78 is 17.0. The van der Waals surface area contributed by atoms with Crippen molar-refractivity contribution in [3.8, 4) is 0 Å². The van der Waals surface area contributed by atoms with Gasteiger partial charge in [0.15, 0.2) is 0 Å². The highest BCUT2D eigenvalue weighted by atomic mass is 28.4. The van der Waals surface area contributed by atoms with Crippen LogP contribution in [0.15, 0.2) is 0 Å². The second-order valence-electron chi connectivity index (χ2n) is 6.89. The Kier molecular flexibility index (Phi) is 3.33. The van der Waals surface area contributed by atoms with Gasteiger partial charge in [0.05, 0.1) is 0 Å². The summed E-state index contributed by atoms with van der Waals surface area (Å²) in [5, 5.41) is 0. The van der Waals surface area contributed by atoms with Crippen LogP contribution in [0.2, 0.25) is 6.04 Å². The minimum Gasteiger partial charge on any atom is -0.377 e. The van der Waals surface area contributed by atoms with Crippen LogP contribution in [0.3, 0.4) is 0 Å². The van der Waals surface area contributed by atoms with E-state index < -0.39 is 8.80 Å². The Labute approximate surface area is 112 Å². The maximum Gasteiger partial charge on any atom is 0.500 e. The maximum absolute atomic E-state index is 5.67. The quantitative estimate of drug-likeness (QED) is 0.719. The van der Waals surface area contributed by atoms with Crippen LogP contribution >= 0.6 is 0 Å². The predicted molar refractivity (Wildman–Crippen MR) is 72.2 cm³/mol. The van der Waals surface area contributed by atoms with Crippen molar-refractivity contribution >= 4 is 8.80 Å². The Bertz CT molecular complexity index is 271. The summed E-state index contributed by atoms with van der Waals surface area (Å²) in [6, 6.07) is 1.03. The van der Waals surface area contributed by atoms with E-state index in [0.29, 0.717) is 5.41 Å². The summed E-state index contributed by atoms with van der Waals surface area (Å²) in [6.07, 6.45) is 8.64. The molecule has 18 heavy (non-hydrogen) atoms. The van der Waals surface area contributed by atoms with Crippen LogP contribution < -0.4 is 0 Å². The highest BCUT2D eigenvalue weighted by Crippen LogP contribution is 2.62. The Balaban J connectivity index is 1.79. The molecule has 4 fully saturated rings. The van der Waals surface area contributed by atoms with Crippen LogP contribution in [0.5, 0.6) is 0 Å². The first-order valence-corrected chi connectivity index (χ1v) is 9.21. The lowest BCUT2D eigenvalue weighted by atomic mass is 9.50. The zero-order chi connectivity index (χ0) is 12.8. The Morgan fingerprint density at radius 1 is 0.833 bits per heavy atom. The molecule has 0 heterocycles. The van der Waals surface area contributed by atoms with Crippen molar-refractivity contribution in [3.05, 3.63) is 0 Å². The molecule has 0 aromatic rings. The second kappa shape index (κ2) is 4.58. The Morgan fingerprint density at radius 3 is 1.56 bits per heavy atom. The molecule has 0 spiro atoms. The third-order valence-corrected chi connectivity index (χ3v) is 8.74. The van der Waals surface area contributed by atoms with E-state index in [0.717, 1.165) is 23.8 Å². The molecule has 0 unspecified atom stereocenters. The van der Waals surface area contributed by atoms with E-state index in [1.54, 1.807) is 21.3 Å². The van der Waals surface area contributed by atoms with Crippen molar-refractivity contribution in [2.45, 2.75) is 44.6 Å². The van der Waals surface area contributed by atoms with Crippen molar-refractivity contribution in [3.63, 3.8) is 0 Å². The van der Waals surface area contributed by atoms with Gasteiger partial charge in [-0.2, -0.15) is 0 Å². The Hall–Kier alpha value is 0.0969. The Morgan fingerprint density at radius 2 is 1.22 bits per heavy atom. The van der Waals surface area contributed by atoms with E-state index in [1.165, 1.54) is 38.5 Å². The summed E-state index contributed by atoms with van der Waals surface area (Å²) in [7, 11) is 2.85. The van der Waals surface area contributed by atoms with Crippen LogP contribution in [0, 0.1) is 23.2 Å². The fraction of sp³-hybridized carbons (Fsp3) is 1.00. The van der Waals surface area contributed by atoms with E-state index in [9.17, 15) is 0 Å². The van der Waals surface area contributed by atoms with Crippen molar-refractivity contribution in [2.75, 3.05) is 21.3 Å². The van der Waals surface area contributed by atoms with Crippen molar-refractivity contribution < 1.29 is 13.3 Å². The van der Waals surface area contributed by atoms with Gasteiger partial charge in [0.1, 0.15) is 0 Å². The maximum atomic E-state index is 5.67. The van der Waals surface area contributed by atoms with E-state index >= 15 is 0 Å². The van der Waals surface area contributed by atoms with Crippen molar-refractivity contribution in [1.82, 2.24) is 0 Å². The highest BCUT2D eigenvalue weighted by Gasteiger charge is 2.56. The topological polar surface area (TPSA) is 27.7 Å². The molecule has 0 aliphatic heterocycles. The minimum atomic E-state index is -2.40. The molecule has 4 heteroatoms. The molecule has 4 aliphatic rings. The number of hydrogen-bond donors (Lipinski definition) is 0. The normalized spacial score (nSPS) is 42.5. The van der Waals surface area contributed by atoms with Crippen LogP contribution in [0.1, 0.15) is 38.5 Å². The SMILES string of the molecule is CO[Si](CC12CC3CC(CC(C3)C1)C2)(OC)OC. The van der Waals surface area contributed by atoms with Gasteiger partial charge in [0.2, 0.25) is 0 Å². The molecule has 4 aliphatic carbocycles. The van der Waals surface area contributed by atoms with E-state index in [2.05, 4.69) is 0 Å². The smallest absolute Gasteiger partial charge is 0.377 e. The molecule has 0 aromatic carbocycles. The van der Waals surface area contributed by atoms with E-state index in [1.807, 2.05) is 0 Å². The van der Waals surface area contributed by atoms with Gasteiger partial charge < -0.3 is 13.3 Å². The number of hydrogen-bond acceptors (Lipinski definition) is 3. The first-order chi connectivity index (χ1) is 8.62. The first kappa shape index (κ1) is 13.1. The van der Waals surface area contributed by atoms with Crippen LogP contribution in [0.4, 0.5) is 0 Å². The molecule has 104 valence electrons. The standard InChI is InChI=1S/C14H26O3Si/c1-15-18(16-2,17-3)10-14-7-11-4-12(8-14)6-13(5-11)9-14/h11-13H,4-10H2,1-3H3. The minimum absolute atomic E-state index is 0.475. The zero-order valence-electron chi connectivity index (χ0n) is 11.9. The summed E-state index contributed by atoms with van der Waals surface area (Å²) in [5.74, 6) is 2.94. The lowest BCUT2D eigenvalue weighted by Gasteiger charge is -2.57. The molecular formula is C14H26O3Si. The largest absolute Gasteiger partial charge is 0.500 e. The van der Waals surface area contributed by atoms with Crippen LogP contribution in [-0.2, 0) is 13.3 Å². The van der Waals surface area contributed by atoms with Gasteiger partial charge in [0, 0.05) is 27.4 Å². The predicted octanol–water partition coefficient (Wildman–Crippen LogP) is 3.08. The van der Waals surface area contributed by atoms with E-state index in [-0.39, 0.29) is 0 Å². The molecule has 4 saturated carbocycles. The van der Waals surface area contributed by atoms with Crippen molar-refractivity contribution in [1.29, 1.82) is 0 Å². The monoisotopic (exact) mass is 270 g/mol. The lowest BCUT2D eigenvalue weighted by Crippen LogP contribution is -2.53. The summed E-state index contributed by atoms with van der Waals surface area (Å²) in [5.41, 5.74) is 0.475. The van der Waals surface area contributed by atoms with Gasteiger partial charge in [-0.3, -0.25) is 0 Å². The van der Waals surface area contributed by atoms with Gasteiger partial charge in [-0.15, -0.1) is 0 Å². The van der Waals surface area contributed by atoms with Gasteiger partial charge >= 0.3 is 8.80 Å². The lowest BCUT2D eigenvalue weighted by molar-refractivity contribution is -0.0514. The summed E-state index contributed by atoms with van der Waals surface area (Å²) in [4.78, 5) is 0. The first-order valence-electron chi connectivity index (χ1n) is 7.28. The van der Waals surface area contributed by atoms with Gasteiger partial charge in [0.25, 0.3) is 0 Å². The molecule has 3 nitrogen and oxygen atoms in total. The molecule has 0 atom stereocenters. The van der Waals surface area contributed by atoms with Gasteiger partial charge in [-0.25, -0.2) is 0 Å². The summed E-state index contributed by atoms with van der Waals surface area (Å²) in [6.45, 7) is 0. The molecule has 0 aromatic heterocycles. The molecule has 0 amide bonds. The molecule has 0 radical (unpaired) electrons. The third kappa shape index (κ3) is 2.07. The van der Waals surface area contributed by atoms with Crippen LogP contribution in [-0.4, -0.2) is 30.1 Å². The van der Waals surface area contributed by atoms with Crippen molar-refractivity contribution in [2.24, 2.45) is 23.2 Å². The van der Waals surface area contributed by atoms with Gasteiger partial charge in [-0.1, -0.05) is 0 Å². The van der Waals surface area contributed by atoms with Gasteiger partial charge in [-0.05, 0) is 61.7 Å². The number of rotatable bonds is 5. The van der Waals surface area contributed by atoms with E-state index in [4.69, 9.17) is 13.3 Å². The molecule has 0 saturated heterocycles. The zero-order valence-corrected chi connectivity index (χ0v) is 12.9. The molecule has 4 rings (SSSR count). The average Bonchev–Trinajstić information content (AvgIpc) is 2.34.